The molecule has 0 aromatic rings. The second-order valence-corrected chi connectivity index (χ2v) is 34.6. The molecule has 1 nitrogen and oxygen atoms in total. The van der Waals surface area contributed by atoms with Crippen molar-refractivity contribution in [2.45, 2.75) is 67.9 Å². The van der Waals surface area contributed by atoms with Gasteiger partial charge in [0.2, 0.25) is 0 Å². The third-order valence-corrected chi connectivity index (χ3v) is 62.1. The summed E-state index contributed by atoms with van der Waals surface area (Å²) in [6.45, 7) is 5.68. The number of fused-ring (bicyclic) bond motifs is 10. The van der Waals surface area contributed by atoms with Gasteiger partial charge in [-0.1, -0.05) is 6.92 Å². The molecule has 10 saturated heterocycles. The summed E-state index contributed by atoms with van der Waals surface area (Å²) in [5.74, 6) is 0. The second kappa shape index (κ2) is 0.477. The van der Waals surface area contributed by atoms with Crippen molar-refractivity contribution in [2.24, 2.45) is 5.73 Å². The molecule has 4 atom stereocenters. The summed E-state index contributed by atoms with van der Waals surface area (Å²) in [4.78, 5) is 12.2. The van der Waals surface area contributed by atoms with E-state index in [1.165, 1.54) is 38.5 Å². The SMILES string of the molecule is CCN.C[C]12[CH]3[CH]4[CH]5[C]1(C)[Fe]43521678[CH]2[CH]1[CH]6[CH]7[CH]28. The minimum atomic E-state index is -2.62. The van der Waals surface area contributed by atoms with Crippen LogP contribution >= 0.6 is 0 Å². The predicted molar refractivity (Wildman–Crippen MR) is 61.5 cm³/mol. The van der Waals surface area contributed by atoms with E-state index in [-0.39, 0.29) is 0 Å². The Hall–Kier alpha value is 0.479. The molecule has 10 aliphatic rings. The molecule has 10 fully saturated rings. The van der Waals surface area contributed by atoms with Crippen LogP contribution < -0.4 is 5.73 Å². The standard InChI is InChI=1S/C7H9.C5H5.C2H7N.Fe/c1-6-4-3-5-7(6)2;1-2-4-5-3-1;1-2-3;/h3-5H,1-2H3;1-5H;2-3H2,1H3;. The average molecular weight is 259 g/mol. The van der Waals surface area contributed by atoms with Crippen LogP contribution in [-0.2, 0) is 6.51 Å². The molecule has 4 unspecified atom stereocenters. The van der Waals surface area contributed by atoms with E-state index in [9.17, 15) is 0 Å². The molecule has 2 N–H and O–H groups in total. The van der Waals surface area contributed by atoms with E-state index in [1.807, 2.05) is 6.92 Å². The maximum absolute atomic E-state index is 4.85. The summed E-state index contributed by atoms with van der Waals surface area (Å²) in [6.07, 6.45) is 0. The fourth-order valence-electron chi connectivity index (χ4n) is 18.7. The molecule has 0 bridgehead atoms. The normalized spacial score (nSPS) is 130. The van der Waals surface area contributed by atoms with Gasteiger partial charge >= 0.3 is 67.5 Å². The van der Waals surface area contributed by atoms with Crippen molar-refractivity contribution < 1.29 is 6.51 Å². The maximum atomic E-state index is 4.85. The van der Waals surface area contributed by atoms with Crippen LogP contribution in [0.15, 0.2) is 0 Å². The molecule has 0 aliphatic carbocycles. The van der Waals surface area contributed by atoms with Crippen molar-refractivity contribution in [3.63, 3.8) is 0 Å². The monoisotopic (exact) mass is 259 g/mol. The molecule has 90 valence electrons. The van der Waals surface area contributed by atoms with E-state index in [2.05, 4.69) is 13.8 Å². The first kappa shape index (κ1) is 6.59. The number of rotatable bonds is 0. The van der Waals surface area contributed by atoms with E-state index >= 15 is 0 Å². The molecule has 0 aromatic carbocycles. The summed E-state index contributed by atoms with van der Waals surface area (Å²) in [7, 11) is 0. The van der Waals surface area contributed by atoms with E-state index in [0.29, 0.717) is 0 Å². The fourth-order valence-corrected chi connectivity index (χ4v) is 97.1. The molecule has 16 heavy (non-hydrogen) atoms. The van der Waals surface area contributed by atoms with Crippen LogP contribution in [-0.4, -0.2) is 6.54 Å². The third-order valence-electron chi connectivity index (χ3n) is 16.5. The van der Waals surface area contributed by atoms with Crippen molar-refractivity contribution in [2.75, 3.05) is 6.54 Å². The van der Waals surface area contributed by atoms with E-state index < -0.39 is 6.51 Å². The minimum absolute atomic E-state index is 0.750. The molecule has 10 heterocycles. The first-order chi connectivity index (χ1) is 7.35. The summed E-state index contributed by atoms with van der Waals surface area (Å²) in [5, 5.41) is 0. The summed E-state index contributed by atoms with van der Waals surface area (Å²) in [5.41, 5.74) is 4.85. The van der Waals surface area contributed by atoms with Gasteiger partial charge in [0.05, 0.1) is 0 Å². The Kier molecular flexibility index (Phi) is 0.196. The Balaban J connectivity index is 0.000000180. The van der Waals surface area contributed by atoms with Crippen LogP contribution in [0.25, 0.3) is 0 Å². The quantitative estimate of drug-likeness (QED) is 0.650. The van der Waals surface area contributed by atoms with Crippen LogP contribution in [0.1, 0.15) is 20.8 Å². The Bertz CT molecular complexity index is 836. The topological polar surface area (TPSA) is 26.0 Å². The van der Waals surface area contributed by atoms with Gasteiger partial charge in [-0.2, -0.15) is 0 Å². The summed E-state index contributed by atoms with van der Waals surface area (Å²) < 4.78 is 2.26. The molecule has 10 rings (SSSR count). The van der Waals surface area contributed by atoms with Crippen LogP contribution in [0.4, 0.5) is 0 Å². The van der Waals surface area contributed by atoms with Crippen molar-refractivity contribution >= 4 is 0 Å². The zero-order valence-corrected chi connectivity index (χ0v) is 11.4. The van der Waals surface area contributed by atoms with Gasteiger partial charge in [0.1, 0.15) is 0 Å². The zero-order chi connectivity index (χ0) is 10.6. The summed E-state index contributed by atoms with van der Waals surface area (Å²) >= 11 is 0. The number of nitrogens with two attached hydrogens (primary N) is 1. The molecule has 2 heteroatoms. The molecule has 0 amide bonds. The van der Waals surface area contributed by atoms with Gasteiger partial charge in [0.25, 0.3) is 0 Å². The molecule has 0 saturated carbocycles. The summed E-state index contributed by atoms with van der Waals surface area (Å²) in [6, 6.07) is 0. The number of hydrogen-bond donors (Lipinski definition) is 1. The molecule has 0 aromatic heterocycles. The number of hydrogen-bond acceptors (Lipinski definition) is 1. The van der Waals surface area contributed by atoms with Crippen LogP contribution in [0, 0.1) is 0 Å². The van der Waals surface area contributed by atoms with E-state index in [1.54, 1.807) is 0 Å². The van der Waals surface area contributed by atoms with Gasteiger partial charge in [-0.15, -0.1) is 0 Å². The van der Waals surface area contributed by atoms with Gasteiger partial charge in [-0.05, 0) is 6.54 Å². The second-order valence-electron chi connectivity index (χ2n) is 10.9. The third kappa shape index (κ3) is 0.0508. The Morgan fingerprint density at radius 1 is 0.875 bits per heavy atom. The van der Waals surface area contributed by atoms with E-state index in [0.717, 1.165) is 15.2 Å². The van der Waals surface area contributed by atoms with Crippen molar-refractivity contribution in [1.82, 2.24) is 0 Å². The molecule has 10 aliphatic heterocycles. The van der Waals surface area contributed by atoms with Gasteiger partial charge in [-0.25, -0.2) is 0 Å². The zero-order valence-electron chi connectivity index (χ0n) is 10.3. The van der Waals surface area contributed by atoms with Crippen LogP contribution in [0.5, 0.6) is 0 Å². The van der Waals surface area contributed by atoms with Gasteiger partial charge in [0.15, 0.2) is 0 Å². The molecule has 0 radical (unpaired) electrons. The fraction of sp³-hybridized carbons (Fsp3) is 1.00. The average Bonchev–Trinajstić information content (AvgIpc) is 3.17. The van der Waals surface area contributed by atoms with E-state index in [4.69, 9.17) is 5.73 Å². The Morgan fingerprint density at radius 3 is 1.19 bits per heavy atom. The van der Waals surface area contributed by atoms with Crippen LogP contribution in [0.2, 0.25) is 47.2 Å². The van der Waals surface area contributed by atoms with Crippen molar-refractivity contribution in [3.05, 3.63) is 0 Å². The predicted octanol–water partition coefficient (Wildman–Crippen LogP) is 4.12. The molecular weight excluding hydrogens is 238 g/mol. The Morgan fingerprint density at radius 2 is 1.19 bits per heavy atom. The van der Waals surface area contributed by atoms with Crippen molar-refractivity contribution in [3.8, 4) is 0 Å². The molecule has 1 spiro atoms. The molecular formula is C14H21FeN. The van der Waals surface area contributed by atoms with Crippen molar-refractivity contribution in [1.29, 1.82) is 0 Å². The van der Waals surface area contributed by atoms with Crippen LogP contribution in [0.3, 0.4) is 0 Å². The van der Waals surface area contributed by atoms with Gasteiger partial charge < -0.3 is 5.73 Å². The first-order valence-corrected chi connectivity index (χ1v) is 13.5. The van der Waals surface area contributed by atoms with Gasteiger partial charge in [-0.3, -0.25) is 0 Å². The Labute approximate surface area is 86.8 Å². The first-order valence-electron chi connectivity index (χ1n) is 7.26. The van der Waals surface area contributed by atoms with Gasteiger partial charge in [0, 0.05) is 0 Å².